The number of nitrogens with one attached hydrogen (secondary N) is 3. The molecular weight excluding hydrogens is 471 g/mol. The van der Waals surface area contributed by atoms with E-state index in [2.05, 4.69) is 69.9 Å². The fourth-order valence-electron chi connectivity index (χ4n) is 4.49. The topological polar surface area (TPSA) is 91.4 Å². The van der Waals surface area contributed by atoms with E-state index in [-0.39, 0.29) is 11.7 Å². The molecule has 3 aromatic rings. The Morgan fingerprint density at radius 3 is 2.59 bits per heavy atom. The van der Waals surface area contributed by atoms with Gasteiger partial charge in [-0.2, -0.15) is 0 Å². The lowest BCUT2D eigenvalue weighted by molar-refractivity contribution is 0.0962. The number of hydrogen-bond donors (Lipinski definition) is 3. The number of carbonyl (C=O) groups excluding carboxylic acids is 1. The van der Waals surface area contributed by atoms with Crippen molar-refractivity contribution in [2.75, 3.05) is 30.9 Å². The van der Waals surface area contributed by atoms with Crippen LogP contribution in [-0.2, 0) is 12.8 Å². The van der Waals surface area contributed by atoms with Crippen LogP contribution in [0.3, 0.4) is 0 Å². The molecule has 9 heteroatoms. The lowest BCUT2D eigenvalue weighted by Gasteiger charge is -2.32. The van der Waals surface area contributed by atoms with Crippen LogP contribution in [0.1, 0.15) is 40.9 Å². The van der Waals surface area contributed by atoms with Crippen molar-refractivity contribution < 1.29 is 13.9 Å². The zero-order chi connectivity index (χ0) is 26.5. The van der Waals surface area contributed by atoms with Crippen molar-refractivity contribution >= 4 is 23.2 Å². The van der Waals surface area contributed by atoms with Gasteiger partial charge in [0, 0.05) is 60.9 Å². The number of nitrogens with zero attached hydrogens (tertiary/aromatic N) is 3. The fraction of sp³-hybridized carbons (Fsp3) is 0.321. The summed E-state index contributed by atoms with van der Waals surface area (Å²) in [5.74, 6) is -0.229. The summed E-state index contributed by atoms with van der Waals surface area (Å²) in [5, 5.41) is 9.24. The van der Waals surface area contributed by atoms with Gasteiger partial charge in [0.25, 0.3) is 5.91 Å². The molecule has 0 saturated heterocycles. The van der Waals surface area contributed by atoms with Gasteiger partial charge in [0.2, 0.25) is 5.95 Å². The van der Waals surface area contributed by atoms with Crippen molar-refractivity contribution in [1.82, 2.24) is 20.6 Å². The lowest BCUT2D eigenvalue weighted by atomic mass is 10.0. The first kappa shape index (κ1) is 25.9. The second kappa shape index (κ2) is 11.3. The maximum Gasteiger partial charge on any atom is 0.251 e. The molecule has 194 valence electrons. The van der Waals surface area contributed by atoms with Crippen LogP contribution in [0.2, 0.25) is 0 Å². The summed E-state index contributed by atoms with van der Waals surface area (Å²) >= 11 is 0. The largest absolute Gasteiger partial charge is 0.494 e. The predicted octanol–water partition coefficient (Wildman–Crippen LogP) is 4.48. The molecule has 0 unspecified atom stereocenters. The van der Waals surface area contributed by atoms with Crippen molar-refractivity contribution in [3.8, 4) is 5.75 Å². The Bertz CT molecular complexity index is 1310. The molecule has 1 aliphatic heterocycles. The van der Waals surface area contributed by atoms with Gasteiger partial charge in [-0.25, -0.2) is 14.4 Å². The number of carbonyl (C=O) groups is 1. The molecule has 4 rings (SSSR count). The Morgan fingerprint density at radius 1 is 1.19 bits per heavy atom. The molecule has 1 atom stereocenters. The molecule has 0 radical (unpaired) electrons. The molecule has 0 saturated carbocycles. The maximum absolute atomic E-state index is 14.7. The number of aromatic nitrogens is 2. The molecule has 0 bridgehead atoms. The Morgan fingerprint density at radius 2 is 1.95 bits per heavy atom. The monoisotopic (exact) mass is 504 g/mol. The highest BCUT2D eigenvalue weighted by molar-refractivity contribution is 5.94. The van der Waals surface area contributed by atoms with Gasteiger partial charge >= 0.3 is 0 Å². The molecule has 0 fully saturated rings. The Labute approximate surface area is 217 Å². The van der Waals surface area contributed by atoms with Crippen molar-refractivity contribution in [2.45, 2.75) is 39.7 Å². The van der Waals surface area contributed by atoms with Gasteiger partial charge < -0.3 is 25.6 Å². The van der Waals surface area contributed by atoms with E-state index in [0.29, 0.717) is 36.0 Å². The van der Waals surface area contributed by atoms with E-state index in [1.54, 1.807) is 18.5 Å². The number of hydrogen-bond acceptors (Lipinski definition) is 7. The van der Waals surface area contributed by atoms with Gasteiger partial charge in [-0.1, -0.05) is 0 Å². The SMILES string of the molecule is CNC(=O)c1cc(CCc2cnc(Nc3ccc(N4C=C(C)N[C@@H](C)C4)c(C)c3)nc2)c(F)c(OC)c1. The van der Waals surface area contributed by atoms with Crippen molar-refractivity contribution in [2.24, 2.45) is 0 Å². The maximum atomic E-state index is 14.7. The highest BCUT2D eigenvalue weighted by Gasteiger charge is 2.17. The highest BCUT2D eigenvalue weighted by atomic mass is 19.1. The first-order valence-electron chi connectivity index (χ1n) is 12.3. The molecule has 0 spiro atoms. The predicted molar refractivity (Wildman–Crippen MR) is 144 cm³/mol. The zero-order valence-corrected chi connectivity index (χ0v) is 21.9. The van der Waals surface area contributed by atoms with E-state index < -0.39 is 5.82 Å². The molecule has 8 nitrogen and oxygen atoms in total. The Kier molecular flexibility index (Phi) is 7.91. The third-order valence-electron chi connectivity index (χ3n) is 6.27. The van der Waals surface area contributed by atoms with E-state index >= 15 is 0 Å². The summed E-state index contributed by atoms with van der Waals surface area (Å²) in [4.78, 5) is 23.2. The molecule has 0 aliphatic carbocycles. The minimum atomic E-state index is -0.464. The van der Waals surface area contributed by atoms with Crippen LogP contribution in [-0.4, -0.2) is 42.6 Å². The number of halogens is 1. The van der Waals surface area contributed by atoms with E-state index in [1.807, 2.05) is 6.07 Å². The van der Waals surface area contributed by atoms with Gasteiger partial charge in [-0.3, -0.25) is 4.79 Å². The summed E-state index contributed by atoms with van der Waals surface area (Å²) in [6.07, 6.45) is 6.48. The molecule has 37 heavy (non-hydrogen) atoms. The number of rotatable bonds is 8. The standard InChI is InChI=1S/C28H33FN6O2/c1-17-10-23(8-9-24(17)35-15-18(2)33-19(3)16-35)34-28-31-13-20(14-32-28)6-7-21-11-22(27(36)30-4)12-25(37-5)26(21)29/h8-15,19,33H,6-7,16H2,1-5H3,(H,30,36)(H,31,32,34)/t19-/m0/s1. The summed E-state index contributed by atoms with van der Waals surface area (Å²) in [6, 6.07) is 9.54. The van der Waals surface area contributed by atoms with Crippen LogP contribution in [0.4, 0.5) is 21.7 Å². The molecule has 2 heterocycles. The number of ether oxygens (including phenoxy) is 1. The molecular formula is C28H33FN6O2. The molecule has 1 aromatic heterocycles. The zero-order valence-electron chi connectivity index (χ0n) is 21.9. The van der Waals surface area contributed by atoms with E-state index in [4.69, 9.17) is 4.74 Å². The normalized spacial score (nSPS) is 15.0. The van der Waals surface area contributed by atoms with Gasteiger partial charge in [0.05, 0.1) is 7.11 Å². The van der Waals surface area contributed by atoms with Crippen LogP contribution in [0.15, 0.2) is 54.6 Å². The third kappa shape index (κ3) is 6.17. The minimum Gasteiger partial charge on any atom is -0.494 e. The van der Waals surface area contributed by atoms with Gasteiger partial charge in [-0.05, 0) is 80.6 Å². The van der Waals surface area contributed by atoms with Crippen molar-refractivity contribution in [1.29, 1.82) is 0 Å². The van der Waals surface area contributed by atoms with Crippen LogP contribution in [0.5, 0.6) is 5.75 Å². The lowest BCUT2D eigenvalue weighted by Crippen LogP contribution is -2.41. The second-order valence-electron chi connectivity index (χ2n) is 9.28. The Hall–Kier alpha value is -4.14. The summed E-state index contributed by atoms with van der Waals surface area (Å²) in [6.45, 7) is 7.24. The van der Waals surface area contributed by atoms with Gasteiger partial charge in [0.15, 0.2) is 11.6 Å². The summed E-state index contributed by atoms with van der Waals surface area (Å²) < 4.78 is 19.8. The molecule has 3 N–H and O–H groups in total. The van der Waals surface area contributed by atoms with E-state index in [0.717, 1.165) is 29.1 Å². The number of anilines is 3. The summed E-state index contributed by atoms with van der Waals surface area (Å²) in [5.41, 5.74) is 5.98. The summed E-state index contributed by atoms with van der Waals surface area (Å²) in [7, 11) is 2.92. The van der Waals surface area contributed by atoms with Gasteiger partial charge in [-0.15, -0.1) is 0 Å². The first-order chi connectivity index (χ1) is 17.8. The van der Waals surface area contributed by atoms with Crippen LogP contribution in [0, 0.1) is 12.7 Å². The minimum absolute atomic E-state index is 0.0471. The second-order valence-corrected chi connectivity index (χ2v) is 9.28. The quantitative estimate of drug-likeness (QED) is 0.417. The van der Waals surface area contributed by atoms with Crippen molar-refractivity contribution in [3.05, 3.63) is 82.7 Å². The van der Waals surface area contributed by atoms with Gasteiger partial charge in [0.1, 0.15) is 0 Å². The van der Waals surface area contributed by atoms with E-state index in [1.165, 1.54) is 25.9 Å². The third-order valence-corrected chi connectivity index (χ3v) is 6.27. The highest BCUT2D eigenvalue weighted by Crippen LogP contribution is 2.27. The average molecular weight is 505 g/mol. The Balaban J connectivity index is 1.41. The fourth-order valence-corrected chi connectivity index (χ4v) is 4.49. The number of methoxy groups -OCH3 is 1. The number of allylic oxidation sites excluding steroid dienone is 1. The molecule has 1 aliphatic rings. The first-order valence-corrected chi connectivity index (χ1v) is 12.3. The molecule has 2 aromatic carbocycles. The van der Waals surface area contributed by atoms with E-state index in [9.17, 15) is 9.18 Å². The van der Waals surface area contributed by atoms with Crippen LogP contribution in [0.25, 0.3) is 0 Å². The smallest absolute Gasteiger partial charge is 0.251 e. The molecule has 1 amide bonds. The number of benzene rings is 2. The number of amides is 1. The van der Waals surface area contributed by atoms with Crippen molar-refractivity contribution in [3.63, 3.8) is 0 Å². The average Bonchev–Trinajstić information content (AvgIpc) is 2.88. The number of aryl methyl sites for hydroxylation is 3. The van der Waals surface area contributed by atoms with Crippen LogP contribution < -0.4 is 25.6 Å². The van der Waals surface area contributed by atoms with Crippen LogP contribution >= 0.6 is 0 Å².